The molecule has 0 saturated heterocycles. The molecule has 0 unspecified atom stereocenters. The molecule has 62 valence electrons. The summed E-state index contributed by atoms with van der Waals surface area (Å²) in [5.74, 6) is 0. The van der Waals surface area contributed by atoms with Gasteiger partial charge in [-0.05, 0) is 6.08 Å². The van der Waals surface area contributed by atoms with E-state index < -0.39 is 10.3 Å². The molecule has 4 nitrogen and oxygen atoms in total. The van der Waals surface area contributed by atoms with Crippen molar-refractivity contribution in [3.63, 3.8) is 0 Å². The summed E-state index contributed by atoms with van der Waals surface area (Å²) >= 11 is 0. The van der Waals surface area contributed by atoms with Crippen LogP contribution >= 0.6 is 0 Å². The van der Waals surface area contributed by atoms with Crippen LogP contribution in [0.1, 0.15) is 6.42 Å². The topological polar surface area (TPSA) is 63.6 Å². The van der Waals surface area contributed by atoms with Crippen LogP contribution in [0.2, 0.25) is 0 Å². The Labute approximate surface area is 70.5 Å². The van der Waals surface area contributed by atoms with E-state index in [2.05, 4.69) is 4.99 Å². The first-order valence-corrected chi connectivity index (χ1v) is 4.23. The van der Waals surface area contributed by atoms with Gasteiger partial charge in [0.1, 0.15) is 4.86 Å². The highest BCUT2D eigenvalue weighted by molar-refractivity contribution is 7.73. The van der Waals surface area contributed by atoms with Crippen molar-refractivity contribution in [2.75, 3.05) is 0 Å². The van der Waals surface area contributed by atoms with Gasteiger partial charge in [0.05, 0.1) is 5.70 Å². The molecule has 1 aliphatic carbocycles. The van der Waals surface area contributed by atoms with E-state index in [0.717, 1.165) is 0 Å². The highest BCUT2D eigenvalue weighted by Gasteiger charge is 2.08. The third-order valence-electron chi connectivity index (χ3n) is 1.35. The molecular formula is C7H5NO3S. The molecule has 0 aromatic carbocycles. The van der Waals surface area contributed by atoms with Crippen molar-refractivity contribution in [3.8, 4) is 0 Å². The van der Waals surface area contributed by atoms with Gasteiger partial charge in [0.2, 0.25) is 16.4 Å². The molecule has 0 bridgehead atoms. The minimum absolute atomic E-state index is 0.126. The second kappa shape index (κ2) is 3.80. The molecule has 12 heavy (non-hydrogen) atoms. The highest BCUT2D eigenvalue weighted by atomic mass is 32.2. The zero-order valence-electron chi connectivity index (χ0n) is 6.02. The number of allylic oxidation sites excluding steroid dienone is 4. The zero-order valence-corrected chi connectivity index (χ0v) is 6.84. The Morgan fingerprint density at radius 1 is 1.50 bits per heavy atom. The van der Waals surface area contributed by atoms with Gasteiger partial charge >= 0.3 is 0 Å². The van der Waals surface area contributed by atoms with Crippen LogP contribution in [-0.2, 0) is 15.1 Å². The molecule has 0 saturated carbocycles. The summed E-state index contributed by atoms with van der Waals surface area (Å²) in [6.07, 6.45) is 6.36. The summed E-state index contributed by atoms with van der Waals surface area (Å²) in [6, 6.07) is 0. The third-order valence-corrected chi connectivity index (χ3v) is 2.12. The lowest BCUT2D eigenvalue weighted by molar-refractivity contribution is 0.565. The maximum atomic E-state index is 10.5. The molecule has 0 heterocycles. The maximum Gasteiger partial charge on any atom is 0.240 e. The Hall–Kier alpha value is -1.45. The number of hydrogen-bond donors (Lipinski definition) is 0. The van der Waals surface area contributed by atoms with Crippen LogP contribution in [0.3, 0.4) is 0 Å². The lowest BCUT2D eigenvalue weighted by Crippen LogP contribution is -2.03. The Bertz CT molecular complexity index is 414. The monoisotopic (exact) mass is 183 g/mol. The zero-order chi connectivity index (χ0) is 8.97. The van der Waals surface area contributed by atoms with Crippen LogP contribution in [0.15, 0.2) is 28.9 Å². The molecule has 0 amide bonds. The van der Waals surface area contributed by atoms with Crippen molar-refractivity contribution in [2.45, 2.75) is 6.42 Å². The first-order valence-electron chi connectivity index (χ1n) is 3.16. The van der Waals surface area contributed by atoms with Crippen molar-refractivity contribution >= 4 is 21.2 Å². The van der Waals surface area contributed by atoms with Gasteiger partial charge in [0, 0.05) is 6.42 Å². The number of aliphatic imine (C=N–C) groups is 1. The van der Waals surface area contributed by atoms with Crippen LogP contribution in [0, 0.1) is 0 Å². The summed E-state index contributed by atoms with van der Waals surface area (Å²) < 4.78 is 21.1. The molecule has 0 spiro atoms. The van der Waals surface area contributed by atoms with E-state index in [1.165, 1.54) is 12.2 Å². The molecule has 1 rings (SSSR count). The SMILES string of the molecule is O=C=NC1=CC=CCC1=S(=O)=O. The number of isocyanates is 1. The summed E-state index contributed by atoms with van der Waals surface area (Å²) in [5.41, 5.74) is 0.167. The van der Waals surface area contributed by atoms with Crippen molar-refractivity contribution in [1.82, 2.24) is 0 Å². The van der Waals surface area contributed by atoms with Crippen molar-refractivity contribution in [1.29, 1.82) is 0 Å². The van der Waals surface area contributed by atoms with E-state index in [9.17, 15) is 13.2 Å². The smallest absolute Gasteiger partial charge is 0.211 e. The average Bonchev–Trinajstić information content (AvgIpc) is 2.05. The normalized spacial score (nSPS) is 15.0. The summed E-state index contributed by atoms with van der Waals surface area (Å²) in [7, 11) is -2.31. The molecule has 0 fully saturated rings. The quantitative estimate of drug-likeness (QED) is 0.332. The number of nitrogens with zero attached hydrogens (tertiary/aromatic N) is 1. The maximum absolute atomic E-state index is 10.5. The van der Waals surface area contributed by atoms with Gasteiger partial charge in [0.25, 0.3) is 0 Å². The first kappa shape index (κ1) is 8.64. The Morgan fingerprint density at radius 3 is 2.83 bits per heavy atom. The van der Waals surface area contributed by atoms with Gasteiger partial charge in [0.15, 0.2) is 0 Å². The summed E-state index contributed by atoms with van der Waals surface area (Å²) in [4.78, 5) is 13.3. The molecule has 0 radical (unpaired) electrons. The highest BCUT2D eigenvalue weighted by Crippen LogP contribution is 2.08. The van der Waals surface area contributed by atoms with E-state index >= 15 is 0 Å². The van der Waals surface area contributed by atoms with E-state index in [1.54, 1.807) is 12.2 Å². The lowest BCUT2D eigenvalue weighted by Gasteiger charge is -2.00. The van der Waals surface area contributed by atoms with Gasteiger partial charge in [-0.2, -0.15) is 13.4 Å². The van der Waals surface area contributed by atoms with Crippen LogP contribution in [0.4, 0.5) is 0 Å². The second-order valence-corrected chi connectivity index (χ2v) is 3.01. The fourth-order valence-corrected chi connectivity index (χ4v) is 1.35. The fraction of sp³-hybridized carbons (Fsp3) is 0.143. The Morgan fingerprint density at radius 2 is 2.25 bits per heavy atom. The van der Waals surface area contributed by atoms with Crippen LogP contribution in [0.5, 0.6) is 0 Å². The molecule has 0 aromatic rings. The predicted molar refractivity (Wildman–Crippen MR) is 43.9 cm³/mol. The predicted octanol–water partition coefficient (Wildman–Crippen LogP) is 0.217. The average molecular weight is 183 g/mol. The van der Waals surface area contributed by atoms with E-state index in [4.69, 9.17) is 0 Å². The van der Waals surface area contributed by atoms with Gasteiger partial charge in [-0.15, -0.1) is 0 Å². The summed E-state index contributed by atoms with van der Waals surface area (Å²) in [5, 5.41) is 0. The van der Waals surface area contributed by atoms with Gasteiger partial charge in [-0.3, -0.25) is 0 Å². The van der Waals surface area contributed by atoms with Crippen molar-refractivity contribution in [3.05, 3.63) is 23.9 Å². The third kappa shape index (κ3) is 1.78. The molecule has 0 atom stereocenters. The largest absolute Gasteiger partial charge is 0.240 e. The van der Waals surface area contributed by atoms with E-state index in [1.807, 2.05) is 0 Å². The first-order chi connectivity index (χ1) is 5.75. The lowest BCUT2D eigenvalue weighted by atomic mass is 10.1. The molecule has 0 aromatic heterocycles. The molecule has 1 aliphatic rings. The van der Waals surface area contributed by atoms with Crippen molar-refractivity contribution in [2.24, 2.45) is 4.99 Å². The standard InChI is InChI=1S/C7H5NO3S/c9-5-8-6-3-1-2-4-7(6)12(10)11/h1-3H,4H2. The second-order valence-electron chi connectivity index (χ2n) is 2.05. The molecule has 0 N–H and O–H groups in total. The van der Waals surface area contributed by atoms with Crippen LogP contribution in [0.25, 0.3) is 0 Å². The van der Waals surface area contributed by atoms with Crippen LogP contribution in [-0.4, -0.2) is 19.4 Å². The summed E-state index contributed by atoms with van der Waals surface area (Å²) in [6.45, 7) is 0. The van der Waals surface area contributed by atoms with E-state index in [0.29, 0.717) is 0 Å². The van der Waals surface area contributed by atoms with Gasteiger partial charge in [-0.1, -0.05) is 12.2 Å². The minimum atomic E-state index is -2.31. The Kier molecular flexibility index (Phi) is 2.74. The van der Waals surface area contributed by atoms with Crippen molar-refractivity contribution < 1.29 is 13.2 Å². The number of carbonyl (C=O) groups excluding carboxylic acids is 1. The fourth-order valence-electron chi connectivity index (χ4n) is 0.834. The number of hydrogen-bond acceptors (Lipinski definition) is 4. The Balaban J connectivity index is 3.26. The molecule has 0 aliphatic heterocycles. The molecule has 5 heteroatoms. The molecular weight excluding hydrogens is 178 g/mol. The van der Waals surface area contributed by atoms with Gasteiger partial charge < -0.3 is 0 Å². The minimum Gasteiger partial charge on any atom is -0.211 e. The van der Waals surface area contributed by atoms with Crippen LogP contribution < -0.4 is 0 Å². The van der Waals surface area contributed by atoms with E-state index in [-0.39, 0.29) is 17.0 Å². The van der Waals surface area contributed by atoms with Gasteiger partial charge in [-0.25, -0.2) is 4.79 Å². The number of rotatable bonds is 1.